The minimum absolute atomic E-state index is 0.112. The zero-order valence-electron chi connectivity index (χ0n) is 13.7. The van der Waals surface area contributed by atoms with Crippen LogP contribution in [-0.2, 0) is 13.1 Å². The Morgan fingerprint density at radius 3 is 3.00 bits per heavy atom. The predicted octanol–water partition coefficient (Wildman–Crippen LogP) is 3.10. The number of halogens is 1. The molecule has 0 radical (unpaired) electrons. The Labute approximate surface area is 153 Å². The summed E-state index contributed by atoms with van der Waals surface area (Å²) in [6, 6.07) is 9.55. The van der Waals surface area contributed by atoms with Gasteiger partial charge in [0.25, 0.3) is 5.91 Å². The quantitative estimate of drug-likeness (QED) is 0.546. The van der Waals surface area contributed by atoms with Gasteiger partial charge in [-0.3, -0.25) is 4.79 Å². The van der Waals surface area contributed by atoms with E-state index in [4.69, 9.17) is 16.0 Å². The molecule has 7 nitrogen and oxygen atoms in total. The Morgan fingerprint density at radius 2 is 2.15 bits per heavy atom. The molecule has 5 rings (SSSR count). The maximum Gasteiger partial charge on any atom is 0.274 e. The number of hydrogen-bond donors (Lipinski definition) is 0. The Kier molecular flexibility index (Phi) is 3.36. The lowest BCUT2D eigenvalue weighted by molar-refractivity contribution is 0.0705. The van der Waals surface area contributed by atoms with Crippen molar-refractivity contribution in [3.8, 4) is 11.5 Å². The summed E-state index contributed by atoms with van der Waals surface area (Å²) in [5.74, 6) is 0.720. The maximum atomic E-state index is 12.9. The largest absolute Gasteiger partial charge is 0.463 e. The van der Waals surface area contributed by atoms with Crippen LogP contribution in [0.4, 0.5) is 0 Å². The van der Waals surface area contributed by atoms with Crippen molar-refractivity contribution in [1.29, 1.82) is 0 Å². The lowest BCUT2D eigenvalue weighted by atomic mass is 10.2. The molecule has 0 aliphatic carbocycles. The van der Waals surface area contributed by atoms with Gasteiger partial charge in [-0.05, 0) is 24.3 Å². The van der Waals surface area contributed by atoms with E-state index in [1.807, 2.05) is 24.3 Å². The molecule has 1 amide bonds. The number of rotatable bonds is 2. The number of fused-ring (bicyclic) bond motifs is 2. The van der Waals surface area contributed by atoms with E-state index in [-0.39, 0.29) is 5.91 Å². The van der Waals surface area contributed by atoms with Crippen LogP contribution in [0.2, 0.25) is 5.02 Å². The van der Waals surface area contributed by atoms with Gasteiger partial charge >= 0.3 is 0 Å². The summed E-state index contributed by atoms with van der Waals surface area (Å²) in [7, 11) is 0. The summed E-state index contributed by atoms with van der Waals surface area (Å²) in [5.41, 5.74) is 3.06. The monoisotopic (exact) mass is 367 g/mol. The Balaban J connectivity index is 1.42. The van der Waals surface area contributed by atoms with Crippen molar-refractivity contribution in [3.63, 3.8) is 0 Å². The van der Waals surface area contributed by atoms with Gasteiger partial charge in [0.15, 0.2) is 11.3 Å². The van der Waals surface area contributed by atoms with Crippen LogP contribution in [0.15, 0.2) is 53.4 Å². The van der Waals surface area contributed by atoms with Crippen LogP contribution in [0.1, 0.15) is 16.2 Å². The van der Waals surface area contributed by atoms with Crippen LogP contribution < -0.4 is 0 Å². The summed E-state index contributed by atoms with van der Waals surface area (Å²) in [6.07, 6.45) is 4.84. The highest BCUT2D eigenvalue weighted by Crippen LogP contribution is 2.26. The Bertz CT molecular complexity index is 1110. The summed E-state index contributed by atoms with van der Waals surface area (Å²) >= 11 is 5.93. The lowest BCUT2D eigenvalue weighted by Gasteiger charge is -2.29. The first kappa shape index (κ1) is 15.2. The van der Waals surface area contributed by atoms with Crippen molar-refractivity contribution in [2.75, 3.05) is 6.54 Å². The van der Waals surface area contributed by atoms with Crippen LogP contribution in [-0.4, -0.2) is 36.5 Å². The van der Waals surface area contributed by atoms with E-state index in [1.54, 1.807) is 23.4 Å². The first-order valence-corrected chi connectivity index (χ1v) is 8.59. The van der Waals surface area contributed by atoms with Crippen LogP contribution >= 0.6 is 11.6 Å². The van der Waals surface area contributed by atoms with Crippen LogP contribution in [0.25, 0.3) is 17.1 Å². The third kappa shape index (κ3) is 2.40. The van der Waals surface area contributed by atoms with Crippen molar-refractivity contribution in [2.45, 2.75) is 13.1 Å². The topological polar surface area (TPSA) is 68.6 Å². The zero-order chi connectivity index (χ0) is 17.7. The molecule has 0 N–H and O–H groups in total. The van der Waals surface area contributed by atoms with E-state index in [1.165, 1.54) is 10.7 Å². The highest BCUT2D eigenvalue weighted by Gasteiger charge is 2.25. The molecule has 1 aliphatic heterocycles. The van der Waals surface area contributed by atoms with Gasteiger partial charge < -0.3 is 13.9 Å². The molecular formula is C18H14ClN5O2. The average Bonchev–Trinajstić information content (AvgIpc) is 3.38. The molecule has 5 heterocycles. The van der Waals surface area contributed by atoms with Gasteiger partial charge in [0.05, 0.1) is 29.7 Å². The van der Waals surface area contributed by atoms with Gasteiger partial charge in [-0.2, -0.15) is 5.10 Å². The predicted molar refractivity (Wildman–Crippen MR) is 94.9 cm³/mol. The fraction of sp³-hybridized carbons (Fsp3) is 0.167. The number of hydrogen-bond acceptors (Lipinski definition) is 4. The van der Waals surface area contributed by atoms with Gasteiger partial charge in [-0.15, -0.1) is 0 Å². The number of amides is 1. The van der Waals surface area contributed by atoms with Gasteiger partial charge in [-0.1, -0.05) is 11.6 Å². The first-order chi connectivity index (χ1) is 12.7. The molecule has 0 bridgehead atoms. The van der Waals surface area contributed by atoms with Crippen molar-refractivity contribution >= 4 is 23.2 Å². The van der Waals surface area contributed by atoms with E-state index >= 15 is 0 Å². The normalized spacial score (nSPS) is 14.0. The summed E-state index contributed by atoms with van der Waals surface area (Å²) < 4.78 is 9.21. The number of furan rings is 1. The zero-order valence-corrected chi connectivity index (χ0v) is 14.4. The van der Waals surface area contributed by atoms with E-state index in [0.29, 0.717) is 36.0 Å². The SMILES string of the molecule is O=C(c1cc2ncc(Cl)cn2n1)N1CCn2c(ccc2-c2ccco2)C1. The smallest absolute Gasteiger partial charge is 0.274 e. The number of nitrogens with zero attached hydrogens (tertiary/aromatic N) is 5. The van der Waals surface area contributed by atoms with Gasteiger partial charge in [0, 0.05) is 31.0 Å². The minimum Gasteiger partial charge on any atom is -0.463 e. The molecule has 1 aliphatic rings. The van der Waals surface area contributed by atoms with Gasteiger partial charge in [0.1, 0.15) is 5.76 Å². The van der Waals surface area contributed by atoms with Crippen molar-refractivity contribution in [2.24, 2.45) is 0 Å². The van der Waals surface area contributed by atoms with E-state index in [0.717, 1.165) is 17.1 Å². The second-order valence-corrected chi connectivity index (χ2v) is 6.61. The van der Waals surface area contributed by atoms with Crippen LogP contribution in [0.3, 0.4) is 0 Å². The third-order valence-electron chi connectivity index (χ3n) is 4.58. The molecule has 0 spiro atoms. The fourth-order valence-corrected chi connectivity index (χ4v) is 3.48. The lowest BCUT2D eigenvalue weighted by Crippen LogP contribution is -2.38. The molecule has 0 atom stereocenters. The third-order valence-corrected chi connectivity index (χ3v) is 4.77. The standard InChI is InChI=1S/C18H14ClN5O2/c19-12-9-20-17-8-14(21-24(17)10-12)18(25)22-5-6-23-13(11-22)3-4-15(23)16-2-1-7-26-16/h1-4,7-10H,5-6,11H2. The van der Waals surface area contributed by atoms with E-state index in [2.05, 4.69) is 14.6 Å². The van der Waals surface area contributed by atoms with Gasteiger partial charge in [0.2, 0.25) is 0 Å². The number of carbonyl (C=O) groups is 1. The maximum absolute atomic E-state index is 12.9. The minimum atomic E-state index is -0.112. The molecule has 0 saturated heterocycles. The molecule has 4 aromatic heterocycles. The van der Waals surface area contributed by atoms with Crippen molar-refractivity contribution in [3.05, 3.63) is 65.4 Å². The highest BCUT2D eigenvalue weighted by atomic mass is 35.5. The molecule has 8 heteroatoms. The van der Waals surface area contributed by atoms with Crippen molar-refractivity contribution in [1.82, 2.24) is 24.1 Å². The fourth-order valence-electron chi connectivity index (χ4n) is 3.34. The molecule has 0 fully saturated rings. The second kappa shape index (κ2) is 5.74. The Hall–Kier alpha value is -3.06. The summed E-state index contributed by atoms with van der Waals surface area (Å²) in [6.45, 7) is 1.85. The molecule has 0 aromatic carbocycles. The highest BCUT2D eigenvalue weighted by molar-refractivity contribution is 6.30. The van der Waals surface area contributed by atoms with Crippen LogP contribution in [0, 0.1) is 0 Å². The molecule has 0 unspecified atom stereocenters. The number of aromatic nitrogens is 4. The summed E-state index contributed by atoms with van der Waals surface area (Å²) in [5, 5.41) is 4.78. The van der Waals surface area contributed by atoms with Gasteiger partial charge in [-0.25, -0.2) is 9.50 Å². The number of carbonyl (C=O) groups excluding carboxylic acids is 1. The molecule has 0 saturated carbocycles. The molecule has 26 heavy (non-hydrogen) atoms. The molecular weight excluding hydrogens is 354 g/mol. The van der Waals surface area contributed by atoms with E-state index in [9.17, 15) is 4.79 Å². The molecule has 4 aromatic rings. The van der Waals surface area contributed by atoms with Crippen LogP contribution in [0.5, 0.6) is 0 Å². The average molecular weight is 368 g/mol. The molecule has 130 valence electrons. The van der Waals surface area contributed by atoms with E-state index < -0.39 is 0 Å². The van der Waals surface area contributed by atoms with Crippen molar-refractivity contribution < 1.29 is 9.21 Å². The summed E-state index contributed by atoms with van der Waals surface area (Å²) in [4.78, 5) is 18.8. The Morgan fingerprint density at radius 1 is 1.23 bits per heavy atom. The first-order valence-electron chi connectivity index (χ1n) is 8.21. The second-order valence-electron chi connectivity index (χ2n) is 6.17.